The van der Waals surface area contributed by atoms with Crippen LogP contribution in [0.4, 0.5) is 0 Å². The largest absolute Gasteiger partial charge is 0.852 e. The van der Waals surface area contributed by atoms with Crippen molar-refractivity contribution in [1.82, 2.24) is 0 Å². The van der Waals surface area contributed by atoms with Crippen LogP contribution in [0.5, 0.6) is 0 Å². The quantitative estimate of drug-likeness (QED) is 0.255. The van der Waals surface area contributed by atoms with Gasteiger partial charge in [-0.25, -0.2) is 0 Å². The van der Waals surface area contributed by atoms with Crippen molar-refractivity contribution in [2.24, 2.45) is 47.3 Å². The van der Waals surface area contributed by atoms with Crippen molar-refractivity contribution >= 4 is 0 Å². The summed E-state index contributed by atoms with van der Waals surface area (Å²) in [7, 11) is 0. The maximum absolute atomic E-state index is 13.2. The van der Waals surface area contributed by atoms with Crippen molar-refractivity contribution < 1.29 is 10.2 Å². The van der Waals surface area contributed by atoms with Gasteiger partial charge >= 0.3 is 0 Å². The highest BCUT2D eigenvalue weighted by molar-refractivity contribution is 4.96. The van der Waals surface area contributed by atoms with E-state index in [9.17, 15) is 10.2 Å². The zero-order valence-electron chi connectivity index (χ0n) is 23.2. The van der Waals surface area contributed by atoms with E-state index in [2.05, 4.69) is 41.5 Å². The van der Waals surface area contributed by atoms with Crippen LogP contribution in [0.1, 0.15) is 138 Å². The Morgan fingerprint density at radius 3 is 1.52 bits per heavy atom. The van der Waals surface area contributed by atoms with Gasteiger partial charge in [0.2, 0.25) is 0 Å². The molecule has 2 heteroatoms. The van der Waals surface area contributed by atoms with E-state index in [1.807, 2.05) is 0 Å². The number of fused-ring (bicyclic) bond motifs is 1. The van der Waals surface area contributed by atoms with E-state index >= 15 is 0 Å². The molecule has 9 atom stereocenters. The highest BCUT2D eigenvalue weighted by atomic mass is 16.3. The fourth-order valence-electron chi connectivity index (χ4n) is 7.10. The first kappa shape index (κ1) is 29.2. The molecule has 0 heterocycles. The molecular weight excluding hydrogens is 404 g/mol. The van der Waals surface area contributed by atoms with Crippen molar-refractivity contribution in [3.05, 3.63) is 0 Å². The summed E-state index contributed by atoms with van der Waals surface area (Å²) in [5.41, 5.74) is 0. The summed E-state index contributed by atoms with van der Waals surface area (Å²) < 4.78 is 0. The molecule has 196 valence electrons. The minimum Gasteiger partial charge on any atom is -0.852 e. The van der Waals surface area contributed by atoms with Gasteiger partial charge in [0.25, 0.3) is 0 Å². The predicted octanol–water partition coefficient (Wildman–Crippen LogP) is 7.37. The average Bonchev–Trinajstić information content (AvgIpc) is 2.77. The Labute approximate surface area is 207 Å². The molecule has 0 aromatic carbocycles. The lowest BCUT2D eigenvalue weighted by atomic mass is 9.59. The summed E-state index contributed by atoms with van der Waals surface area (Å²) in [6.45, 7) is 14.0. The molecule has 0 aromatic heterocycles. The Bertz CT molecular complexity index is 503. The summed E-state index contributed by atoms with van der Waals surface area (Å²) in [6, 6.07) is 0. The van der Waals surface area contributed by atoms with Gasteiger partial charge < -0.3 is 10.2 Å². The Hall–Kier alpha value is -0.0800. The molecule has 2 saturated carbocycles. The summed E-state index contributed by atoms with van der Waals surface area (Å²) in [6.07, 6.45) is 17.8. The van der Waals surface area contributed by atoms with Crippen molar-refractivity contribution in [3.8, 4) is 0 Å². The topological polar surface area (TPSA) is 46.1 Å². The summed E-state index contributed by atoms with van der Waals surface area (Å²) in [5, 5.41) is 26.2. The molecule has 2 fully saturated rings. The minimum absolute atomic E-state index is 0.0758. The highest BCUT2D eigenvalue weighted by Crippen LogP contribution is 2.45. The average molecular weight is 463 g/mol. The van der Waals surface area contributed by atoms with Gasteiger partial charge in [0.15, 0.2) is 0 Å². The number of hydrogen-bond acceptors (Lipinski definition) is 2. The van der Waals surface area contributed by atoms with Crippen LogP contribution in [-0.4, -0.2) is 12.2 Å². The Morgan fingerprint density at radius 1 is 0.606 bits per heavy atom. The molecule has 0 aliphatic heterocycles. The van der Waals surface area contributed by atoms with Crippen LogP contribution < -0.4 is 10.2 Å². The third-order valence-corrected chi connectivity index (χ3v) is 9.59. The fourth-order valence-corrected chi connectivity index (χ4v) is 7.10. The second kappa shape index (κ2) is 15.1. The molecule has 0 radical (unpaired) electrons. The third kappa shape index (κ3) is 9.83. The molecule has 0 N–H and O–H groups in total. The van der Waals surface area contributed by atoms with Crippen LogP contribution in [0.3, 0.4) is 0 Å². The number of rotatable bonds is 15. The van der Waals surface area contributed by atoms with Gasteiger partial charge in [-0.1, -0.05) is 162 Å². The fraction of sp³-hybridized carbons (Fsp3) is 1.00. The SMILES string of the molecule is CC(C)CCCC(C)CCCC(C)CCCC(C)CCC1C(C)C([O-])C2CCCCC2C1[O-]. The van der Waals surface area contributed by atoms with Gasteiger partial charge in [0.1, 0.15) is 0 Å². The van der Waals surface area contributed by atoms with Gasteiger partial charge in [0, 0.05) is 0 Å². The predicted molar refractivity (Wildman–Crippen MR) is 139 cm³/mol. The molecule has 0 amide bonds. The van der Waals surface area contributed by atoms with E-state index in [0.29, 0.717) is 5.92 Å². The number of hydrogen-bond donors (Lipinski definition) is 0. The van der Waals surface area contributed by atoms with Crippen LogP contribution >= 0.6 is 0 Å². The lowest BCUT2D eigenvalue weighted by Gasteiger charge is -2.59. The Morgan fingerprint density at radius 2 is 1.03 bits per heavy atom. The second-order valence-electron chi connectivity index (χ2n) is 13.1. The monoisotopic (exact) mass is 462 g/mol. The lowest BCUT2D eigenvalue weighted by molar-refractivity contribution is -0.509. The van der Waals surface area contributed by atoms with Gasteiger partial charge in [-0.3, -0.25) is 0 Å². The van der Waals surface area contributed by atoms with Gasteiger partial charge in [0.05, 0.1) is 0 Å². The lowest BCUT2D eigenvalue weighted by Crippen LogP contribution is -2.61. The standard InChI is InChI=1S/C31H58O2/c1-22(2)12-9-13-23(3)14-10-15-24(4)16-11-17-25(5)20-21-27-26(6)30(32)28-18-7-8-19-29(28)31(27)33/h22-31H,7-21H2,1-6H3/q-2. The van der Waals surface area contributed by atoms with Crippen LogP contribution in [0, 0.1) is 47.3 Å². The van der Waals surface area contributed by atoms with Crippen LogP contribution in [-0.2, 0) is 0 Å². The van der Waals surface area contributed by atoms with Gasteiger partial charge in [-0.15, -0.1) is 12.2 Å². The Kier molecular flexibility index (Phi) is 13.4. The van der Waals surface area contributed by atoms with E-state index in [4.69, 9.17) is 0 Å². The molecule has 33 heavy (non-hydrogen) atoms. The van der Waals surface area contributed by atoms with Gasteiger partial charge in [-0.2, -0.15) is 0 Å². The van der Waals surface area contributed by atoms with Crippen LogP contribution in [0.25, 0.3) is 0 Å². The highest BCUT2D eigenvalue weighted by Gasteiger charge is 2.40. The van der Waals surface area contributed by atoms with E-state index in [1.54, 1.807) is 0 Å². The second-order valence-corrected chi connectivity index (χ2v) is 13.1. The summed E-state index contributed by atoms with van der Waals surface area (Å²) >= 11 is 0. The molecule has 2 aliphatic carbocycles. The first-order valence-electron chi connectivity index (χ1n) is 15.0. The van der Waals surface area contributed by atoms with Crippen molar-refractivity contribution in [2.45, 2.75) is 150 Å². The smallest absolute Gasteiger partial charge is 0.0443 e. The minimum atomic E-state index is -0.487. The molecule has 2 rings (SSSR count). The summed E-state index contributed by atoms with van der Waals surface area (Å²) in [5.74, 6) is 3.81. The zero-order chi connectivity index (χ0) is 24.4. The van der Waals surface area contributed by atoms with Crippen molar-refractivity contribution in [3.63, 3.8) is 0 Å². The molecular formula is C31H58O2-2. The molecule has 0 bridgehead atoms. The maximum Gasteiger partial charge on any atom is -0.0443 e. The molecule has 2 aliphatic rings. The van der Waals surface area contributed by atoms with E-state index in [-0.39, 0.29) is 23.7 Å². The molecule has 0 spiro atoms. The first-order valence-corrected chi connectivity index (χ1v) is 15.0. The van der Waals surface area contributed by atoms with E-state index in [1.165, 1.54) is 64.2 Å². The van der Waals surface area contributed by atoms with Crippen LogP contribution in [0.15, 0.2) is 0 Å². The molecule has 2 nitrogen and oxygen atoms in total. The molecule has 9 unspecified atom stereocenters. The molecule has 0 saturated heterocycles. The maximum atomic E-state index is 13.2. The Balaban J connectivity index is 1.58. The van der Waals surface area contributed by atoms with Gasteiger partial charge in [-0.05, 0) is 23.7 Å². The van der Waals surface area contributed by atoms with Crippen molar-refractivity contribution in [1.29, 1.82) is 0 Å². The van der Waals surface area contributed by atoms with E-state index in [0.717, 1.165) is 49.9 Å². The third-order valence-electron chi connectivity index (χ3n) is 9.59. The van der Waals surface area contributed by atoms with Crippen LogP contribution in [0.2, 0.25) is 0 Å². The van der Waals surface area contributed by atoms with E-state index < -0.39 is 12.2 Å². The van der Waals surface area contributed by atoms with Crippen molar-refractivity contribution in [2.75, 3.05) is 0 Å². The zero-order valence-corrected chi connectivity index (χ0v) is 23.2. The summed E-state index contributed by atoms with van der Waals surface area (Å²) in [4.78, 5) is 0. The first-order chi connectivity index (χ1) is 15.7. The normalized spacial score (nSPS) is 33.0. The molecule has 0 aromatic rings.